The van der Waals surface area contributed by atoms with Crippen molar-refractivity contribution in [1.82, 2.24) is 10.2 Å². The second-order valence-corrected chi connectivity index (χ2v) is 3.76. The van der Waals surface area contributed by atoms with Gasteiger partial charge in [-0.15, -0.1) is 5.10 Å². The molecule has 0 radical (unpaired) electrons. The maximum Gasteiger partial charge on any atom is 0.152 e. The zero-order chi connectivity index (χ0) is 12.1. The number of benzene rings is 1. The van der Waals surface area contributed by atoms with Gasteiger partial charge < -0.3 is 4.90 Å². The maximum atomic E-state index is 8.80. The second-order valence-electron chi connectivity index (χ2n) is 3.76. The Labute approximate surface area is 100 Å². The SMILES string of the molecule is CN(Cc1ccccc1)c1cc(C#N)cnn1. The quantitative estimate of drug-likeness (QED) is 0.800. The average molecular weight is 224 g/mol. The minimum Gasteiger partial charge on any atom is -0.354 e. The van der Waals surface area contributed by atoms with Gasteiger partial charge in [0.25, 0.3) is 0 Å². The van der Waals surface area contributed by atoms with Crippen molar-refractivity contribution in [3.05, 3.63) is 53.7 Å². The van der Waals surface area contributed by atoms with Gasteiger partial charge in [-0.2, -0.15) is 10.4 Å². The third-order valence-corrected chi connectivity index (χ3v) is 2.42. The monoisotopic (exact) mass is 224 g/mol. The van der Waals surface area contributed by atoms with Gasteiger partial charge in [0, 0.05) is 19.7 Å². The first-order valence-corrected chi connectivity index (χ1v) is 5.27. The van der Waals surface area contributed by atoms with Gasteiger partial charge >= 0.3 is 0 Å². The summed E-state index contributed by atoms with van der Waals surface area (Å²) in [6.45, 7) is 0.740. The predicted molar refractivity (Wildman–Crippen MR) is 65.3 cm³/mol. The second kappa shape index (κ2) is 5.08. The number of nitrogens with zero attached hydrogens (tertiary/aromatic N) is 4. The molecule has 0 bridgehead atoms. The summed E-state index contributed by atoms with van der Waals surface area (Å²) in [6.07, 6.45) is 1.46. The molecule has 0 aliphatic carbocycles. The van der Waals surface area contributed by atoms with Crippen molar-refractivity contribution < 1.29 is 0 Å². The Morgan fingerprint density at radius 2 is 2.06 bits per heavy atom. The van der Waals surface area contributed by atoms with Crippen LogP contribution in [0.4, 0.5) is 5.82 Å². The first-order chi connectivity index (χ1) is 8.29. The van der Waals surface area contributed by atoms with Crippen LogP contribution in [0.1, 0.15) is 11.1 Å². The molecule has 0 atom stereocenters. The molecule has 1 aromatic carbocycles. The van der Waals surface area contributed by atoms with Crippen molar-refractivity contribution in [2.45, 2.75) is 6.54 Å². The molecule has 0 fully saturated rings. The Bertz CT molecular complexity index is 531. The lowest BCUT2D eigenvalue weighted by Gasteiger charge is -2.17. The molecule has 2 aromatic rings. The summed E-state index contributed by atoms with van der Waals surface area (Å²) >= 11 is 0. The summed E-state index contributed by atoms with van der Waals surface area (Å²) in [4.78, 5) is 1.96. The van der Waals surface area contributed by atoms with Crippen LogP contribution in [0.25, 0.3) is 0 Å². The van der Waals surface area contributed by atoms with Crippen molar-refractivity contribution in [3.63, 3.8) is 0 Å². The summed E-state index contributed by atoms with van der Waals surface area (Å²) in [5.74, 6) is 0.702. The van der Waals surface area contributed by atoms with E-state index in [1.54, 1.807) is 6.07 Å². The highest BCUT2D eigenvalue weighted by Gasteiger charge is 2.04. The van der Waals surface area contributed by atoms with Crippen LogP contribution in [0.5, 0.6) is 0 Å². The van der Waals surface area contributed by atoms with Crippen LogP contribution in [0, 0.1) is 11.3 Å². The highest BCUT2D eigenvalue weighted by atomic mass is 15.2. The number of hydrogen-bond acceptors (Lipinski definition) is 4. The third-order valence-electron chi connectivity index (χ3n) is 2.42. The van der Waals surface area contributed by atoms with Crippen molar-refractivity contribution in [3.8, 4) is 6.07 Å². The largest absolute Gasteiger partial charge is 0.354 e. The number of aromatic nitrogens is 2. The molecular weight excluding hydrogens is 212 g/mol. The zero-order valence-corrected chi connectivity index (χ0v) is 9.54. The van der Waals surface area contributed by atoms with E-state index in [1.165, 1.54) is 11.8 Å². The van der Waals surface area contributed by atoms with E-state index >= 15 is 0 Å². The first kappa shape index (κ1) is 11.1. The summed E-state index contributed by atoms with van der Waals surface area (Å²) in [5, 5.41) is 16.6. The summed E-state index contributed by atoms with van der Waals surface area (Å²) < 4.78 is 0. The van der Waals surface area contributed by atoms with Crippen LogP contribution in [0.3, 0.4) is 0 Å². The Balaban J connectivity index is 2.15. The maximum absolute atomic E-state index is 8.80. The Morgan fingerprint density at radius 3 is 2.76 bits per heavy atom. The van der Waals surface area contributed by atoms with E-state index in [2.05, 4.69) is 28.4 Å². The van der Waals surface area contributed by atoms with Crippen molar-refractivity contribution >= 4 is 5.82 Å². The lowest BCUT2D eigenvalue weighted by Crippen LogP contribution is -2.18. The highest BCUT2D eigenvalue weighted by Crippen LogP contribution is 2.12. The predicted octanol–water partition coefficient (Wildman–Crippen LogP) is 1.98. The molecule has 0 spiro atoms. The molecule has 1 heterocycles. The van der Waals surface area contributed by atoms with Crippen LogP contribution in [0.15, 0.2) is 42.6 Å². The normalized spacial score (nSPS) is 9.65. The minimum atomic E-state index is 0.523. The zero-order valence-electron chi connectivity index (χ0n) is 9.54. The van der Waals surface area contributed by atoms with E-state index in [1.807, 2.05) is 30.1 Å². The van der Waals surface area contributed by atoms with E-state index in [0.717, 1.165) is 6.54 Å². The minimum absolute atomic E-state index is 0.523. The van der Waals surface area contributed by atoms with Crippen LogP contribution in [-0.2, 0) is 6.54 Å². The molecule has 0 N–H and O–H groups in total. The Kier molecular flexibility index (Phi) is 3.31. The molecule has 0 aliphatic rings. The third kappa shape index (κ3) is 2.79. The molecular formula is C13H12N4. The molecule has 0 amide bonds. The molecule has 1 aromatic heterocycles. The molecule has 0 saturated carbocycles. The fraction of sp³-hybridized carbons (Fsp3) is 0.154. The molecule has 84 valence electrons. The summed E-state index contributed by atoms with van der Waals surface area (Å²) in [7, 11) is 1.93. The fourth-order valence-corrected chi connectivity index (χ4v) is 1.54. The van der Waals surface area contributed by atoms with Crippen LogP contribution < -0.4 is 4.90 Å². The molecule has 0 saturated heterocycles. The lowest BCUT2D eigenvalue weighted by molar-refractivity contribution is 0.865. The number of nitriles is 1. The number of anilines is 1. The molecule has 4 heteroatoms. The van der Waals surface area contributed by atoms with Gasteiger partial charge in [-0.1, -0.05) is 30.3 Å². The van der Waals surface area contributed by atoms with Crippen molar-refractivity contribution in [2.75, 3.05) is 11.9 Å². The van der Waals surface area contributed by atoms with E-state index in [9.17, 15) is 0 Å². The standard InChI is InChI=1S/C13H12N4/c1-17(10-11-5-3-2-4-6-11)13-7-12(8-14)9-15-16-13/h2-7,9H,10H2,1H3. The molecule has 4 nitrogen and oxygen atoms in total. The van der Waals surface area contributed by atoms with Gasteiger partial charge in [0.05, 0.1) is 11.8 Å². The van der Waals surface area contributed by atoms with E-state index in [-0.39, 0.29) is 0 Å². The molecule has 0 unspecified atom stereocenters. The molecule has 0 aliphatic heterocycles. The average Bonchev–Trinajstić information content (AvgIpc) is 2.40. The van der Waals surface area contributed by atoms with E-state index < -0.39 is 0 Å². The van der Waals surface area contributed by atoms with Crippen molar-refractivity contribution in [1.29, 1.82) is 5.26 Å². The van der Waals surface area contributed by atoms with Gasteiger partial charge in [-0.3, -0.25) is 0 Å². The summed E-state index contributed by atoms with van der Waals surface area (Å²) in [6, 6.07) is 13.9. The highest BCUT2D eigenvalue weighted by molar-refractivity contribution is 5.43. The van der Waals surface area contributed by atoms with E-state index in [0.29, 0.717) is 11.4 Å². The number of rotatable bonds is 3. The van der Waals surface area contributed by atoms with Gasteiger partial charge in [-0.25, -0.2) is 0 Å². The van der Waals surface area contributed by atoms with Crippen molar-refractivity contribution in [2.24, 2.45) is 0 Å². The van der Waals surface area contributed by atoms with Crippen LogP contribution in [0.2, 0.25) is 0 Å². The molecule has 2 rings (SSSR count). The topological polar surface area (TPSA) is 52.8 Å². The van der Waals surface area contributed by atoms with Gasteiger partial charge in [-0.05, 0) is 5.56 Å². The van der Waals surface area contributed by atoms with E-state index in [4.69, 9.17) is 5.26 Å². The van der Waals surface area contributed by atoms with Crippen LogP contribution >= 0.6 is 0 Å². The molecule has 17 heavy (non-hydrogen) atoms. The smallest absolute Gasteiger partial charge is 0.152 e. The van der Waals surface area contributed by atoms with Gasteiger partial charge in [0.2, 0.25) is 0 Å². The number of hydrogen-bond donors (Lipinski definition) is 0. The Hall–Kier alpha value is -2.41. The fourth-order valence-electron chi connectivity index (χ4n) is 1.54. The Morgan fingerprint density at radius 1 is 1.29 bits per heavy atom. The van der Waals surface area contributed by atoms with Gasteiger partial charge in [0.1, 0.15) is 6.07 Å². The van der Waals surface area contributed by atoms with Crippen LogP contribution in [-0.4, -0.2) is 17.2 Å². The summed E-state index contributed by atoms with van der Waals surface area (Å²) in [5.41, 5.74) is 1.72. The first-order valence-electron chi connectivity index (χ1n) is 5.27. The van der Waals surface area contributed by atoms with Gasteiger partial charge in [0.15, 0.2) is 5.82 Å². The lowest BCUT2D eigenvalue weighted by atomic mass is 10.2.